The van der Waals surface area contributed by atoms with E-state index in [0.29, 0.717) is 12.3 Å². The Labute approximate surface area is 128 Å². The molecule has 1 atom stereocenters. The van der Waals surface area contributed by atoms with Crippen LogP contribution in [-0.4, -0.2) is 48.0 Å². The van der Waals surface area contributed by atoms with Gasteiger partial charge >= 0.3 is 0 Å². The minimum Gasteiger partial charge on any atom is -0.484 e. The Morgan fingerprint density at radius 2 is 2.33 bits per heavy atom. The lowest BCUT2D eigenvalue weighted by Crippen LogP contribution is -2.53. The largest absolute Gasteiger partial charge is 0.484 e. The molecule has 0 spiro atoms. The number of rotatable bonds is 4. The smallest absolute Gasteiger partial charge is 0.273 e. The number of ether oxygens (including phenoxy) is 1. The molecule has 21 heavy (non-hydrogen) atoms. The Balaban J connectivity index is 0.00000220. The molecule has 0 radical (unpaired) electrons. The minimum absolute atomic E-state index is 0. The van der Waals surface area contributed by atoms with Gasteiger partial charge in [-0.3, -0.25) is 14.9 Å². The highest BCUT2D eigenvalue weighted by Gasteiger charge is 2.23. The number of nitrogens with zero attached hydrogens (tertiary/aromatic N) is 2. The van der Waals surface area contributed by atoms with Crippen molar-refractivity contribution < 1.29 is 14.5 Å². The predicted molar refractivity (Wildman–Crippen MR) is 79.9 cm³/mol. The van der Waals surface area contributed by atoms with E-state index in [1.165, 1.54) is 18.2 Å². The van der Waals surface area contributed by atoms with E-state index in [1.54, 1.807) is 11.0 Å². The molecule has 2 rings (SSSR count). The zero-order valence-electron chi connectivity index (χ0n) is 11.7. The van der Waals surface area contributed by atoms with Crippen molar-refractivity contribution >= 4 is 24.0 Å². The van der Waals surface area contributed by atoms with Crippen molar-refractivity contribution in [1.82, 2.24) is 10.2 Å². The summed E-state index contributed by atoms with van der Waals surface area (Å²) in [6.45, 7) is 4.05. The van der Waals surface area contributed by atoms with Gasteiger partial charge in [0, 0.05) is 31.7 Å². The zero-order chi connectivity index (χ0) is 14.5. The number of hydrogen-bond donors (Lipinski definition) is 1. The third-order valence-corrected chi connectivity index (χ3v) is 3.21. The Kier molecular flexibility index (Phi) is 6.39. The van der Waals surface area contributed by atoms with Crippen molar-refractivity contribution in [2.45, 2.75) is 13.0 Å². The number of nitro groups is 1. The van der Waals surface area contributed by atoms with E-state index in [0.717, 1.165) is 13.1 Å². The average Bonchev–Trinajstić information content (AvgIpc) is 2.45. The lowest BCUT2D eigenvalue weighted by Gasteiger charge is -2.33. The van der Waals surface area contributed by atoms with Crippen LogP contribution in [0.25, 0.3) is 0 Å². The Morgan fingerprint density at radius 1 is 1.57 bits per heavy atom. The van der Waals surface area contributed by atoms with Crippen LogP contribution in [0.3, 0.4) is 0 Å². The summed E-state index contributed by atoms with van der Waals surface area (Å²) in [6, 6.07) is 5.96. The number of hydrogen-bond acceptors (Lipinski definition) is 5. The van der Waals surface area contributed by atoms with Crippen molar-refractivity contribution in [3.8, 4) is 5.75 Å². The molecule has 1 N–H and O–H groups in total. The molecule has 0 bridgehead atoms. The summed E-state index contributed by atoms with van der Waals surface area (Å²) in [7, 11) is 0. The van der Waals surface area contributed by atoms with E-state index in [-0.39, 0.29) is 36.7 Å². The van der Waals surface area contributed by atoms with Crippen molar-refractivity contribution in [2.24, 2.45) is 0 Å². The molecule has 116 valence electrons. The molecule has 1 aliphatic rings. The Morgan fingerprint density at radius 3 is 3.00 bits per heavy atom. The van der Waals surface area contributed by atoms with Crippen LogP contribution >= 0.6 is 12.4 Å². The molecule has 1 aromatic carbocycles. The van der Waals surface area contributed by atoms with Crippen LogP contribution in [0.2, 0.25) is 0 Å². The van der Waals surface area contributed by atoms with Crippen LogP contribution < -0.4 is 10.1 Å². The first-order valence-corrected chi connectivity index (χ1v) is 6.45. The first kappa shape index (κ1) is 17.2. The highest BCUT2D eigenvalue weighted by Crippen LogP contribution is 2.19. The fourth-order valence-corrected chi connectivity index (χ4v) is 2.13. The normalized spacial score (nSPS) is 17.8. The van der Waals surface area contributed by atoms with Gasteiger partial charge in [-0.2, -0.15) is 0 Å². The Bertz CT molecular complexity index is 512. The molecule has 0 aromatic heterocycles. The first-order chi connectivity index (χ1) is 9.58. The molecule has 1 aromatic rings. The van der Waals surface area contributed by atoms with E-state index in [2.05, 4.69) is 5.32 Å². The summed E-state index contributed by atoms with van der Waals surface area (Å²) in [5.41, 5.74) is -0.0505. The van der Waals surface area contributed by atoms with Crippen molar-refractivity contribution in [2.75, 3.05) is 26.2 Å². The molecular weight excluding hydrogens is 298 g/mol. The molecule has 1 saturated heterocycles. The number of nitro benzene ring substituents is 1. The summed E-state index contributed by atoms with van der Waals surface area (Å²) < 4.78 is 5.34. The minimum atomic E-state index is -0.493. The highest BCUT2D eigenvalue weighted by molar-refractivity contribution is 5.85. The third-order valence-electron chi connectivity index (χ3n) is 3.21. The summed E-state index contributed by atoms with van der Waals surface area (Å²) in [5, 5.41) is 13.9. The Hall–Kier alpha value is -1.86. The van der Waals surface area contributed by atoms with Crippen molar-refractivity contribution in [3.05, 3.63) is 34.4 Å². The van der Waals surface area contributed by atoms with Gasteiger partial charge in [-0.1, -0.05) is 6.07 Å². The molecular formula is C13H18ClN3O4. The van der Waals surface area contributed by atoms with Gasteiger partial charge in [0.05, 0.1) is 11.0 Å². The lowest BCUT2D eigenvalue weighted by atomic mass is 10.2. The number of nitrogens with one attached hydrogen (secondary N) is 1. The van der Waals surface area contributed by atoms with Gasteiger partial charge in [-0.25, -0.2) is 0 Å². The van der Waals surface area contributed by atoms with E-state index in [4.69, 9.17) is 4.74 Å². The van der Waals surface area contributed by atoms with E-state index >= 15 is 0 Å². The summed E-state index contributed by atoms with van der Waals surface area (Å²) in [4.78, 5) is 24.0. The maximum absolute atomic E-state index is 12.0. The second-order valence-electron chi connectivity index (χ2n) is 4.68. The van der Waals surface area contributed by atoms with Gasteiger partial charge in [0.2, 0.25) is 0 Å². The van der Waals surface area contributed by atoms with E-state index in [9.17, 15) is 14.9 Å². The van der Waals surface area contributed by atoms with Crippen molar-refractivity contribution in [1.29, 1.82) is 0 Å². The molecule has 0 aliphatic carbocycles. The molecule has 8 heteroatoms. The zero-order valence-corrected chi connectivity index (χ0v) is 12.5. The van der Waals surface area contributed by atoms with Crippen LogP contribution in [-0.2, 0) is 4.79 Å². The second kappa shape index (κ2) is 7.80. The second-order valence-corrected chi connectivity index (χ2v) is 4.68. The summed E-state index contributed by atoms with van der Waals surface area (Å²) in [5.74, 6) is 0.223. The monoisotopic (exact) mass is 315 g/mol. The fourth-order valence-electron chi connectivity index (χ4n) is 2.13. The number of amides is 1. The first-order valence-electron chi connectivity index (χ1n) is 6.45. The molecule has 1 heterocycles. The summed E-state index contributed by atoms with van der Waals surface area (Å²) >= 11 is 0. The maximum atomic E-state index is 12.0. The van der Waals surface area contributed by atoms with Gasteiger partial charge in [0.25, 0.3) is 11.6 Å². The van der Waals surface area contributed by atoms with Gasteiger partial charge in [0.15, 0.2) is 6.61 Å². The van der Waals surface area contributed by atoms with E-state index in [1.807, 2.05) is 6.92 Å². The summed E-state index contributed by atoms with van der Waals surface area (Å²) in [6.07, 6.45) is 0. The lowest BCUT2D eigenvalue weighted by molar-refractivity contribution is -0.384. The van der Waals surface area contributed by atoms with Crippen LogP contribution in [0.1, 0.15) is 6.92 Å². The number of carbonyl (C=O) groups is 1. The predicted octanol–water partition coefficient (Wildman–Crippen LogP) is 1.22. The van der Waals surface area contributed by atoms with Crippen LogP contribution in [0, 0.1) is 10.1 Å². The SMILES string of the molecule is C[C@H]1CNCCN1C(=O)COc1cccc([N+](=O)[O-])c1.Cl. The quantitative estimate of drug-likeness (QED) is 0.667. The number of halogens is 1. The number of piperazine rings is 1. The number of carbonyl (C=O) groups excluding carboxylic acids is 1. The third kappa shape index (κ3) is 4.57. The van der Waals surface area contributed by atoms with Crippen LogP contribution in [0.4, 0.5) is 5.69 Å². The van der Waals surface area contributed by atoms with Gasteiger partial charge in [-0.15, -0.1) is 12.4 Å². The number of non-ortho nitro benzene ring substituents is 1. The molecule has 0 unspecified atom stereocenters. The number of benzene rings is 1. The van der Waals surface area contributed by atoms with E-state index < -0.39 is 4.92 Å². The van der Waals surface area contributed by atoms with Gasteiger partial charge < -0.3 is 15.0 Å². The van der Waals surface area contributed by atoms with Gasteiger partial charge in [-0.05, 0) is 13.0 Å². The molecule has 1 fully saturated rings. The fraction of sp³-hybridized carbons (Fsp3) is 0.462. The molecule has 7 nitrogen and oxygen atoms in total. The average molecular weight is 316 g/mol. The molecule has 0 saturated carbocycles. The van der Waals surface area contributed by atoms with Crippen LogP contribution in [0.15, 0.2) is 24.3 Å². The van der Waals surface area contributed by atoms with Crippen molar-refractivity contribution in [3.63, 3.8) is 0 Å². The van der Waals surface area contributed by atoms with Crippen LogP contribution in [0.5, 0.6) is 5.75 Å². The topological polar surface area (TPSA) is 84.7 Å². The molecule has 1 amide bonds. The standard InChI is InChI=1S/C13H17N3O4.ClH/c1-10-8-14-5-6-15(10)13(17)9-20-12-4-2-3-11(7-12)16(18)19;/h2-4,7,10,14H,5-6,8-9H2,1H3;1H/t10-;/m0./s1. The highest BCUT2D eigenvalue weighted by atomic mass is 35.5. The van der Waals surface area contributed by atoms with Gasteiger partial charge in [0.1, 0.15) is 5.75 Å². The maximum Gasteiger partial charge on any atom is 0.273 e. The molecule has 1 aliphatic heterocycles.